The summed E-state index contributed by atoms with van der Waals surface area (Å²) in [6, 6.07) is 7.87. The predicted molar refractivity (Wildman–Crippen MR) is 81.9 cm³/mol. The lowest BCUT2D eigenvalue weighted by molar-refractivity contribution is -0.109. The number of para-hydroxylation sites is 1. The molecule has 1 aromatic carbocycles. The van der Waals surface area contributed by atoms with Crippen molar-refractivity contribution in [3.63, 3.8) is 0 Å². The summed E-state index contributed by atoms with van der Waals surface area (Å²) in [5.74, 6) is -0.515. The van der Waals surface area contributed by atoms with Crippen molar-refractivity contribution in [3.05, 3.63) is 35.5 Å². The monoisotopic (exact) mass is 287 g/mol. The normalized spacial score (nSPS) is 17.1. The van der Waals surface area contributed by atoms with Gasteiger partial charge in [0, 0.05) is 17.3 Å². The molecule has 1 saturated heterocycles. The van der Waals surface area contributed by atoms with Crippen LogP contribution >= 0.6 is 0 Å². The van der Waals surface area contributed by atoms with Gasteiger partial charge >= 0.3 is 5.97 Å². The Morgan fingerprint density at radius 1 is 1.43 bits per heavy atom. The zero-order valence-electron chi connectivity index (χ0n) is 12.7. The first-order valence-corrected chi connectivity index (χ1v) is 7.34. The van der Waals surface area contributed by atoms with Crippen LogP contribution in [0, 0.1) is 5.41 Å². The number of carbonyl (C=O) groups is 1. The highest BCUT2D eigenvalue weighted by Gasteiger charge is 2.35. The summed E-state index contributed by atoms with van der Waals surface area (Å²) in [6.45, 7) is 8.49. The minimum absolute atomic E-state index is 0.0280. The lowest BCUT2D eigenvalue weighted by atomic mass is 9.88. The van der Waals surface area contributed by atoms with Gasteiger partial charge in [-0.1, -0.05) is 39.0 Å². The molecule has 0 aliphatic carbocycles. The molecule has 0 spiro atoms. The molecule has 4 nitrogen and oxygen atoms in total. The van der Waals surface area contributed by atoms with Crippen molar-refractivity contribution < 1.29 is 14.6 Å². The van der Waals surface area contributed by atoms with Crippen molar-refractivity contribution in [2.75, 3.05) is 13.2 Å². The molecule has 21 heavy (non-hydrogen) atoms. The molecule has 0 saturated carbocycles. The summed E-state index contributed by atoms with van der Waals surface area (Å²) in [7, 11) is 0. The standard InChI is InChI=1S/C17H21NO3/c1-11(2)13-6-4-5-12-7-14(16(19)20)18(15(12)13)8-17(3)9-21-10-17/h4-7,11H,8-10H2,1-3H3,(H,19,20). The lowest BCUT2D eigenvalue weighted by Gasteiger charge is -2.39. The van der Waals surface area contributed by atoms with Crippen molar-refractivity contribution in [1.29, 1.82) is 0 Å². The largest absolute Gasteiger partial charge is 0.477 e. The van der Waals surface area contributed by atoms with Crippen LogP contribution in [0.3, 0.4) is 0 Å². The van der Waals surface area contributed by atoms with E-state index in [1.54, 1.807) is 6.07 Å². The van der Waals surface area contributed by atoms with Gasteiger partial charge in [0.1, 0.15) is 5.69 Å². The van der Waals surface area contributed by atoms with Gasteiger partial charge in [-0.05, 0) is 17.5 Å². The number of fused-ring (bicyclic) bond motifs is 1. The molecule has 3 rings (SSSR count). The molecule has 1 aromatic heterocycles. The third kappa shape index (κ3) is 2.33. The van der Waals surface area contributed by atoms with Crippen molar-refractivity contribution in [3.8, 4) is 0 Å². The van der Waals surface area contributed by atoms with Crippen LogP contribution in [0.2, 0.25) is 0 Å². The highest BCUT2D eigenvalue weighted by atomic mass is 16.5. The molecule has 2 heterocycles. The van der Waals surface area contributed by atoms with Crippen LogP contribution in [0.4, 0.5) is 0 Å². The second kappa shape index (κ2) is 4.88. The SMILES string of the molecule is CC(C)c1cccc2cc(C(=O)O)n(CC3(C)COC3)c12. The Balaban J connectivity index is 2.22. The van der Waals surface area contributed by atoms with E-state index in [1.807, 2.05) is 16.7 Å². The minimum Gasteiger partial charge on any atom is -0.477 e. The summed E-state index contributed by atoms with van der Waals surface area (Å²) >= 11 is 0. The Hall–Kier alpha value is -1.81. The Labute approximate surface area is 124 Å². The summed E-state index contributed by atoms with van der Waals surface area (Å²) < 4.78 is 7.28. The quantitative estimate of drug-likeness (QED) is 0.936. The van der Waals surface area contributed by atoms with Gasteiger partial charge in [0.15, 0.2) is 0 Å². The fraction of sp³-hybridized carbons (Fsp3) is 0.471. The Bertz CT molecular complexity index is 695. The molecule has 1 N–H and O–H groups in total. The Kier molecular flexibility index (Phi) is 3.29. The van der Waals surface area contributed by atoms with Crippen LogP contribution in [0.25, 0.3) is 10.9 Å². The first-order chi connectivity index (χ1) is 9.91. The number of aromatic nitrogens is 1. The molecule has 0 atom stereocenters. The van der Waals surface area contributed by atoms with Crippen LogP contribution in [0.5, 0.6) is 0 Å². The molecular weight excluding hydrogens is 266 g/mol. The maximum atomic E-state index is 11.6. The van der Waals surface area contributed by atoms with E-state index in [4.69, 9.17) is 4.74 Å². The van der Waals surface area contributed by atoms with Gasteiger partial charge in [-0.2, -0.15) is 0 Å². The molecule has 1 aliphatic heterocycles. The van der Waals surface area contributed by atoms with Crippen LogP contribution < -0.4 is 0 Å². The maximum absolute atomic E-state index is 11.6. The second-order valence-electron chi connectivity index (χ2n) is 6.66. The number of ether oxygens (including phenoxy) is 1. The predicted octanol–water partition coefficient (Wildman–Crippen LogP) is 3.50. The summed E-state index contributed by atoms with van der Waals surface area (Å²) in [6.07, 6.45) is 0. The number of benzene rings is 1. The molecule has 4 heteroatoms. The summed E-state index contributed by atoms with van der Waals surface area (Å²) in [5, 5.41) is 10.5. The van der Waals surface area contributed by atoms with Gasteiger partial charge in [0.05, 0.1) is 18.7 Å². The van der Waals surface area contributed by atoms with E-state index < -0.39 is 5.97 Å². The fourth-order valence-corrected chi connectivity index (χ4v) is 3.08. The van der Waals surface area contributed by atoms with E-state index in [1.165, 1.54) is 5.56 Å². The number of rotatable bonds is 4. The van der Waals surface area contributed by atoms with Gasteiger partial charge in [-0.15, -0.1) is 0 Å². The third-order valence-corrected chi connectivity index (χ3v) is 4.23. The van der Waals surface area contributed by atoms with E-state index in [-0.39, 0.29) is 5.41 Å². The fourth-order valence-electron chi connectivity index (χ4n) is 3.08. The number of aromatic carboxylic acids is 1. The highest BCUT2D eigenvalue weighted by Crippen LogP contribution is 2.34. The van der Waals surface area contributed by atoms with E-state index in [0.717, 1.165) is 10.9 Å². The van der Waals surface area contributed by atoms with Gasteiger partial charge in [-0.3, -0.25) is 0 Å². The van der Waals surface area contributed by atoms with Crippen molar-refractivity contribution in [2.24, 2.45) is 5.41 Å². The number of hydrogen-bond donors (Lipinski definition) is 1. The van der Waals surface area contributed by atoms with Gasteiger partial charge in [0.2, 0.25) is 0 Å². The van der Waals surface area contributed by atoms with Crippen LogP contribution in [0.15, 0.2) is 24.3 Å². The van der Waals surface area contributed by atoms with E-state index in [9.17, 15) is 9.90 Å². The lowest BCUT2D eigenvalue weighted by Crippen LogP contribution is -2.43. The van der Waals surface area contributed by atoms with Crippen LogP contribution in [0.1, 0.15) is 42.7 Å². The average Bonchev–Trinajstić information content (AvgIpc) is 2.75. The minimum atomic E-state index is -0.871. The van der Waals surface area contributed by atoms with Crippen molar-refractivity contribution in [2.45, 2.75) is 33.2 Å². The van der Waals surface area contributed by atoms with Crippen molar-refractivity contribution in [1.82, 2.24) is 4.57 Å². The van der Waals surface area contributed by atoms with Gasteiger partial charge < -0.3 is 14.4 Å². The van der Waals surface area contributed by atoms with Crippen LogP contribution in [-0.4, -0.2) is 28.9 Å². The summed E-state index contributed by atoms with van der Waals surface area (Å²) in [4.78, 5) is 11.6. The van der Waals surface area contributed by atoms with Crippen molar-refractivity contribution >= 4 is 16.9 Å². The molecule has 2 aromatic rings. The second-order valence-corrected chi connectivity index (χ2v) is 6.66. The number of carboxylic acid groups (broad SMARTS) is 1. The zero-order chi connectivity index (χ0) is 15.2. The highest BCUT2D eigenvalue weighted by molar-refractivity contribution is 5.96. The van der Waals surface area contributed by atoms with E-state index in [2.05, 4.69) is 26.8 Å². The summed E-state index contributed by atoms with van der Waals surface area (Å²) in [5.41, 5.74) is 2.65. The molecular formula is C17H21NO3. The third-order valence-electron chi connectivity index (χ3n) is 4.23. The topological polar surface area (TPSA) is 51.5 Å². The van der Waals surface area contributed by atoms with Gasteiger partial charge in [0.25, 0.3) is 0 Å². The van der Waals surface area contributed by atoms with E-state index in [0.29, 0.717) is 31.4 Å². The molecule has 0 bridgehead atoms. The van der Waals surface area contributed by atoms with Gasteiger partial charge in [-0.25, -0.2) is 4.79 Å². The molecule has 0 radical (unpaired) electrons. The smallest absolute Gasteiger partial charge is 0.352 e. The Morgan fingerprint density at radius 2 is 2.14 bits per heavy atom. The Morgan fingerprint density at radius 3 is 2.67 bits per heavy atom. The number of carboxylic acids is 1. The number of nitrogens with zero attached hydrogens (tertiary/aromatic N) is 1. The molecule has 0 unspecified atom stereocenters. The molecule has 0 amide bonds. The number of hydrogen-bond acceptors (Lipinski definition) is 2. The molecule has 112 valence electrons. The first kappa shape index (κ1) is 14.1. The first-order valence-electron chi connectivity index (χ1n) is 7.34. The molecule has 1 fully saturated rings. The zero-order valence-corrected chi connectivity index (χ0v) is 12.7. The van der Waals surface area contributed by atoms with Crippen LogP contribution in [-0.2, 0) is 11.3 Å². The van der Waals surface area contributed by atoms with E-state index >= 15 is 0 Å². The average molecular weight is 287 g/mol. The maximum Gasteiger partial charge on any atom is 0.352 e. The molecule has 1 aliphatic rings.